The van der Waals surface area contributed by atoms with Crippen LogP contribution < -0.4 is 0 Å². The molecule has 0 saturated heterocycles. The van der Waals surface area contributed by atoms with Crippen LogP contribution in [0.3, 0.4) is 0 Å². The Balaban J connectivity index is 1.88. The van der Waals surface area contributed by atoms with E-state index in [1.165, 1.54) is 5.39 Å². The van der Waals surface area contributed by atoms with Gasteiger partial charge in [-0.15, -0.1) is 0 Å². The van der Waals surface area contributed by atoms with Gasteiger partial charge in [0.15, 0.2) is 0 Å². The molecule has 0 heterocycles. The quantitative estimate of drug-likeness (QED) is 0.568. The molecule has 0 aliphatic rings. The molecule has 3 aromatic carbocycles. The molecule has 0 aliphatic carbocycles. The van der Waals surface area contributed by atoms with Gasteiger partial charge in [-0.25, -0.2) is 0 Å². The van der Waals surface area contributed by atoms with E-state index in [0.717, 1.165) is 22.8 Å². The van der Waals surface area contributed by atoms with Gasteiger partial charge in [-0.1, -0.05) is 74.2 Å². The second-order valence-corrected chi connectivity index (χ2v) is 6.74. The fourth-order valence-corrected chi connectivity index (χ4v) is 2.72. The fraction of sp³-hybridized carbons (Fsp3) is 0.174. The smallest absolute Gasteiger partial charge is 0.128 e. The van der Waals surface area contributed by atoms with Crippen molar-refractivity contribution in [2.45, 2.75) is 20.0 Å². The van der Waals surface area contributed by atoms with Gasteiger partial charge in [-0.3, -0.25) is 0 Å². The Morgan fingerprint density at radius 2 is 1.60 bits per heavy atom. The van der Waals surface area contributed by atoms with E-state index in [0.29, 0.717) is 5.56 Å². The first kappa shape index (κ1) is 17.0. The van der Waals surface area contributed by atoms with Crippen molar-refractivity contribution in [2.24, 2.45) is 5.41 Å². The monoisotopic (exact) mass is 328 g/mol. The Hall–Kier alpha value is -2.89. The van der Waals surface area contributed by atoms with Crippen molar-refractivity contribution >= 4 is 17.1 Å². The molecule has 0 fully saturated rings. The topological polar surface area (TPSA) is 37.3 Å². The number of aldehydes is 1. The SMILES string of the molecule is CC(C)(C=O)C(O)c1ccc(C#Cc2cccc3ccccc23)cc1. The van der Waals surface area contributed by atoms with Crippen LogP contribution in [0.2, 0.25) is 0 Å². The van der Waals surface area contributed by atoms with Crippen LogP contribution in [0.25, 0.3) is 10.8 Å². The van der Waals surface area contributed by atoms with Crippen molar-refractivity contribution in [3.8, 4) is 11.8 Å². The summed E-state index contributed by atoms with van der Waals surface area (Å²) in [7, 11) is 0. The summed E-state index contributed by atoms with van der Waals surface area (Å²) in [6.45, 7) is 3.44. The van der Waals surface area contributed by atoms with Gasteiger partial charge in [0.2, 0.25) is 0 Å². The van der Waals surface area contributed by atoms with Crippen molar-refractivity contribution in [2.75, 3.05) is 0 Å². The molecule has 0 aliphatic heterocycles. The third-order valence-corrected chi connectivity index (χ3v) is 4.37. The molecular weight excluding hydrogens is 308 g/mol. The van der Waals surface area contributed by atoms with Gasteiger partial charge in [0, 0.05) is 11.1 Å². The number of benzene rings is 3. The summed E-state index contributed by atoms with van der Waals surface area (Å²) >= 11 is 0. The molecule has 0 aromatic heterocycles. The van der Waals surface area contributed by atoms with E-state index in [1.807, 2.05) is 48.5 Å². The minimum Gasteiger partial charge on any atom is -0.387 e. The Bertz CT molecular complexity index is 951. The Labute approximate surface area is 148 Å². The molecule has 3 aromatic rings. The maximum absolute atomic E-state index is 11.1. The lowest BCUT2D eigenvalue weighted by Crippen LogP contribution is -2.23. The van der Waals surface area contributed by atoms with Crippen LogP contribution in [0.5, 0.6) is 0 Å². The standard InChI is InChI=1S/C23H20O2/c1-23(2,16-24)22(25)20-14-11-17(12-15-20)10-13-19-8-5-7-18-6-3-4-9-21(18)19/h3-9,11-12,14-16,22,25H,1-2H3. The second kappa shape index (κ2) is 6.93. The van der Waals surface area contributed by atoms with Gasteiger partial charge >= 0.3 is 0 Å². The molecule has 2 nitrogen and oxygen atoms in total. The summed E-state index contributed by atoms with van der Waals surface area (Å²) in [6.07, 6.45) is -0.0450. The summed E-state index contributed by atoms with van der Waals surface area (Å²) in [6, 6.07) is 21.7. The fourth-order valence-electron chi connectivity index (χ4n) is 2.72. The number of carbonyl (C=O) groups excluding carboxylic acids is 1. The van der Waals surface area contributed by atoms with Crippen LogP contribution in [0.1, 0.15) is 36.6 Å². The van der Waals surface area contributed by atoms with Crippen molar-refractivity contribution in [3.05, 3.63) is 83.4 Å². The Morgan fingerprint density at radius 1 is 0.920 bits per heavy atom. The van der Waals surface area contributed by atoms with Crippen LogP contribution >= 0.6 is 0 Å². The van der Waals surface area contributed by atoms with Crippen LogP contribution in [0.4, 0.5) is 0 Å². The van der Waals surface area contributed by atoms with E-state index in [-0.39, 0.29) is 0 Å². The van der Waals surface area contributed by atoms with E-state index in [4.69, 9.17) is 0 Å². The molecule has 0 saturated carbocycles. The molecule has 0 radical (unpaired) electrons. The Morgan fingerprint density at radius 3 is 2.32 bits per heavy atom. The molecule has 25 heavy (non-hydrogen) atoms. The molecule has 1 atom stereocenters. The molecule has 0 amide bonds. The van der Waals surface area contributed by atoms with E-state index < -0.39 is 11.5 Å². The average Bonchev–Trinajstić information content (AvgIpc) is 2.66. The number of hydrogen-bond donors (Lipinski definition) is 1. The van der Waals surface area contributed by atoms with E-state index in [1.54, 1.807) is 13.8 Å². The summed E-state index contributed by atoms with van der Waals surface area (Å²) < 4.78 is 0. The average molecular weight is 328 g/mol. The molecule has 2 heteroatoms. The lowest BCUT2D eigenvalue weighted by atomic mass is 9.84. The first-order valence-corrected chi connectivity index (χ1v) is 8.25. The van der Waals surface area contributed by atoms with Gasteiger partial charge in [0.25, 0.3) is 0 Å². The number of fused-ring (bicyclic) bond motifs is 1. The highest BCUT2D eigenvalue weighted by molar-refractivity contribution is 5.88. The van der Waals surface area contributed by atoms with Crippen LogP contribution in [0, 0.1) is 17.3 Å². The minimum atomic E-state index is -0.829. The number of aliphatic hydroxyl groups excluding tert-OH is 1. The highest BCUT2D eigenvalue weighted by Crippen LogP contribution is 2.31. The molecule has 1 N–H and O–H groups in total. The van der Waals surface area contributed by atoms with E-state index in [9.17, 15) is 9.90 Å². The third kappa shape index (κ3) is 3.63. The normalized spacial score (nSPS) is 12.3. The molecular formula is C23H20O2. The molecule has 3 rings (SSSR count). The van der Waals surface area contributed by atoms with Crippen molar-refractivity contribution in [1.82, 2.24) is 0 Å². The first-order valence-electron chi connectivity index (χ1n) is 8.25. The van der Waals surface area contributed by atoms with Crippen molar-refractivity contribution < 1.29 is 9.90 Å². The van der Waals surface area contributed by atoms with Crippen LogP contribution in [0.15, 0.2) is 66.7 Å². The maximum atomic E-state index is 11.1. The van der Waals surface area contributed by atoms with Gasteiger partial charge < -0.3 is 9.90 Å². The number of aliphatic hydroxyl groups is 1. The first-order chi connectivity index (χ1) is 12.0. The predicted octanol–water partition coefficient (Wildman–Crippen LogP) is 4.50. The third-order valence-electron chi connectivity index (χ3n) is 4.37. The van der Waals surface area contributed by atoms with Crippen LogP contribution in [-0.4, -0.2) is 11.4 Å². The van der Waals surface area contributed by atoms with Gasteiger partial charge in [0.1, 0.15) is 6.29 Å². The molecule has 0 spiro atoms. The lowest BCUT2D eigenvalue weighted by Gasteiger charge is -2.24. The summed E-state index contributed by atoms with van der Waals surface area (Å²) in [5, 5.41) is 12.6. The summed E-state index contributed by atoms with van der Waals surface area (Å²) in [5.74, 6) is 6.40. The maximum Gasteiger partial charge on any atom is 0.128 e. The molecule has 1 unspecified atom stereocenters. The van der Waals surface area contributed by atoms with E-state index in [2.05, 4.69) is 30.0 Å². The number of carbonyl (C=O) groups is 1. The molecule has 124 valence electrons. The summed E-state index contributed by atoms with van der Waals surface area (Å²) in [5.41, 5.74) is 1.76. The van der Waals surface area contributed by atoms with Crippen molar-refractivity contribution in [3.63, 3.8) is 0 Å². The van der Waals surface area contributed by atoms with Crippen molar-refractivity contribution in [1.29, 1.82) is 0 Å². The highest BCUT2D eigenvalue weighted by Gasteiger charge is 2.28. The largest absolute Gasteiger partial charge is 0.387 e. The highest BCUT2D eigenvalue weighted by atomic mass is 16.3. The van der Waals surface area contributed by atoms with E-state index >= 15 is 0 Å². The van der Waals surface area contributed by atoms with Gasteiger partial charge in [-0.2, -0.15) is 0 Å². The summed E-state index contributed by atoms with van der Waals surface area (Å²) in [4.78, 5) is 11.1. The molecule has 0 bridgehead atoms. The second-order valence-electron chi connectivity index (χ2n) is 6.74. The zero-order valence-corrected chi connectivity index (χ0v) is 14.4. The number of rotatable bonds is 3. The minimum absolute atomic E-state index is 0.716. The van der Waals surface area contributed by atoms with Crippen LogP contribution in [-0.2, 0) is 4.79 Å². The number of hydrogen-bond acceptors (Lipinski definition) is 2. The Kier molecular flexibility index (Phi) is 4.70. The lowest BCUT2D eigenvalue weighted by molar-refractivity contribution is -0.120. The van der Waals surface area contributed by atoms with Gasteiger partial charge in [-0.05, 0) is 34.5 Å². The zero-order valence-electron chi connectivity index (χ0n) is 14.4. The predicted molar refractivity (Wildman–Crippen MR) is 101 cm³/mol. The van der Waals surface area contributed by atoms with Gasteiger partial charge in [0.05, 0.1) is 11.5 Å². The zero-order chi connectivity index (χ0) is 17.9.